The standard InChI is InChI=1S/C8H18N2/c1-7(9)4-5-8-3-2-6-10-8/h7-8,10H,2-6,9H2,1H3. The second-order valence-electron chi connectivity index (χ2n) is 3.35. The Bertz CT molecular complexity index is 85.3. The summed E-state index contributed by atoms with van der Waals surface area (Å²) in [6, 6.07) is 1.15. The van der Waals surface area contributed by atoms with Crippen molar-refractivity contribution in [2.45, 2.75) is 44.7 Å². The molecule has 60 valence electrons. The molecule has 0 aliphatic carbocycles. The Hall–Kier alpha value is -0.0800. The largest absolute Gasteiger partial charge is 0.328 e. The predicted molar refractivity (Wildman–Crippen MR) is 43.9 cm³/mol. The molecule has 1 saturated heterocycles. The SMILES string of the molecule is CC(N)CCC1CCCN1. The van der Waals surface area contributed by atoms with Gasteiger partial charge in [0.05, 0.1) is 0 Å². The third kappa shape index (κ3) is 2.67. The summed E-state index contributed by atoms with van der Waals surface area (Å²) in [6.07, 6.45) is 5.13. The average Bonchev–Trinajstić information content (AvgIpc) is 2.34. The van der Waals surface area contributed by atoms with E-state index in [1.165, 1.54) is 25.8 Å². The molecule has 1 rings (SSSR count). The number of nitrogens with two attached hydrogens (primary N) is 1. The monoisotopic (exact) mass is 142 g/mol. The zero-order chi connectivity index (χ0) is 7.40. The van der Waals surface area contributed by atoms with Crippen LogP contribution < -0.4 is 11.1 Å². The summed E-state index contributed by atoms with van der Waals surface area (Å²) in [4.78, 5) is 0. The first-order valence-electron chi connectivity index (χ1n) is 4.28. The molecule has 1 aliphatic rings. The van der Waals surface area contributed by atoms with E-state index in [0.29, 0.717) is 6.04 Å². The van der Waals surface area contributed by atoms with E-state index in [1.54, 1.807) is 0 Å². The quantitative estimate of drug-likeness (QED) is 0.613. The molecule has 0 spiro atoms. The van der Waals surface area contributed by atoms with Gasteiger partial charge in [-0.25, -0.2) is 0 Å². The van der Waals surface area contributed by atoms with Gasteiger partial charge in [0.15, 0.2) is 0 Å². The molecule has 0 amide bonds. The van der Waals surface area contributed by atoms with Gasteiger partial charge in [0.25, 0.3) is 0 Å². The summed E-state index contributed by atoms with van der Waals surface area (Å²) in [6.45, 7) is 3.29. The van der Waals surface area contributed by atoms with E-state index >= 15 is 0 Å². The van der Waals surface area contributed by atoms with Crippen LogP contribution in [0.2, 0.25) is 0 Å². The second-order valence-corrected chi connectivity index (χ2v) is 3.35. The molecule has 0 saturated carbocycles. The van der Waals surface area contributed by atoms with E-state index in [-0.39, 0.29) is 0 Å². The Morgan fingerprint density at radius 3 is 3.00 bits per heavy atom. The van der Waals surface area contributed by atoms with Crippen LogP contribution in [0.15, 0.2) is 0 Å². The molecule has 1 aliphatic heterocycles. The third-order valence-electron chi connectivity index (χ3n) is 2.13. The maximum absolute atomic E-state index is 5.64. The van der Waals surface area contributed by atoms with Gasteiger partial charge in [-0.15, -0.1) is 0 Å². The first kappa shape index (κ1) is 8.02. The molecule has 1 heterocycles. The molecule has 3 N–H and O–H groups in total. The minimum atomic E-state index is 0.377. The van der Waals surface area contributed by atoms with Crippen molar-refractivity contribution in [3.8, 4) is 0 Å². The van der Waals surface area contributed by atoms with Crippen LogP contribution in [0, 0.1) is 0 Å². The average molecular weight is 142 g/mol. The Kier molecular flexibility index (Phi) is 3.16. The fraction of sp³-hybridized carbons (Fsp3) is 1.00. The number of hydrogen-bond donors (Lipinski definition) is 2. The van der Waals surface area contributed by atoms with E-state index in [9.17, 15) is 0 Å². The Labute approximate surface area is 63.2 Å². The van der Waals surface area contributed by atoms with Crippen molar-refractivity contribution in [2.24, 2.45) is 5.73 Å². The fourth-order valence-electron chi connectivity index (χ4n) is 1.47. The van der Waals surface area contributed by atoms with E-state index < -0.39 is 0 Å². The lowest BCUT2D eigenvalue weighted by Gasteiger charge is -2.10. The molecule has 1 fully saturated rings. The topological polar surface area (TPSA) is 38.0 Å². The Balaban J connectivity index is 2.01. The summed E-state index contributed by atoms with van der Waals surface area (Å²) in [5.41, 5.74) is 5.64. The zero-order valence-electron chi connectivity index (χ0n) is 6.77. The molecule has 0 aromatic rings. The van der Waals surface area contributed by atoms with Gasteiger partial charge in [0.1, 0.15) is 0 Å². The van der Waals surface area contributed by atoms with Crippen LogP contribution in [0.3, 0.4) is 0 Å². The van der Waals surface area contributed by atoms with E-state index in [0.717, 1.165) is 12.5 Å². The number of hydrogen-bond acceptors (Lipinski definition) is 2. The lowest BCUT2D eigenvalue weighted by molar-refractivity contribution is 0.504. The fourth-order valence-corrected chi connectivity index (χ4v) is 1.47. The minimum Gasteiger partial charge on any atom is -0.328 e. The van der Waals surface area contributed by atoms with Crippen LogP contribution >= 0.6 is 0 Å². The van der Waals surface area contributed by atoms with Gasteiger partial charge in [-0.2, -0.15) is 0 Å². The molecule has 2 heteroatoms. The molecule has 0 aromatic heterocycles. The van der Waals surface area contributed by atoms with Gasteiger partial charge >= 0.3 is 0 Å². The highest BCUT2D eigenvalue weighted by atomic mass is 14.9. The van der Waals surface area contributed by atoms with Crippen LogP contribution in [0.5, 0.6) is 0 Å². The van der Waals surface area contributed by atoms with E-state index in [1.807, 2.05) is 0 Å². The summed E-state index contributed by atoms with van der Waals surface area (Å²) in [5, 5.41) is 3.46. The smallest absolute Gasteiger partial charge is 0.00681 e. The molecule has 10 heavy (non-hydrogen) atoms. The van der Waals surface area contributed by atoms with Gasteiger partial charge in [-0.3, -0.25) is 0 Å². The lowest BCUT2D eigenvalue weighted by Crippen LogP contribution is -2.24. The first-order valence-corrected chi connectivity index (χ1v) is 4.28. The molecule has 2 atom stereocenters. The summed E-state index contributed by atoms with van der Waals surface area (Å²) < 4.78 is 0. The summed E-state index contributed by atoms with van der Waals surface area (Å²) >= 11 is 0. The highest BCUT2D eigenvalue weighted by Gasteiger charge is 2.13. The summed E-state index contributed by atoms with van der Waals surface area (Å²) in [5.74, 6) is 0. The van der Waals surface area contributed by atoms with Crippen molar-refractivity contribution in [2.75, 3.05) is 6.54 Å². The van der Waals surface area contributed by atoms with E-state index in [4.69, 9.17) is 5.73 Å². The zero-order valence-corrected chi connectivity index (χ0v) is 6.77. The van der Waals surface area contributed by atoms with Crippen LogP contribution in [0.4, 0.5) is 0 Å². The van der Waals surface area contributed by atoms with Crippen LogP contribution in [0.1, 0.15) is 32.6 Å². The van der Waals surface area contributed by atoms with Crippen molar-refractivity contribution < 1.29 is 0 Å². The van der Waals surface area contributed by atoms with Crippen molar-refractivity contribution in [3.05, 3.63) is 0 Å². The highest BCUT2D eigenvalue weighted by molar-refractivity contribution is 4.74. The number of rotatable bonds is 3. The van der Waals surface area contributed by atoms with Crippen molar-refractivity contribution in [1.29, 1.82) is 0 Å². The maximum atomic E-state index is 5.64. The van der Waals surface area contributed by atoms with Crippen molar-refractivity contribution in [1.82, 2.24) is 5.32 Å². The van der Waals surface area contributed by atoms with Gasteiger partial charge in [-0.1, -0.05) is 0 Å². The minimum absolute atomic E-state index is 0.377. The molecule has 2 nitrogen and oxygen atoms in total. The van der Waals surface area contributed by atoms with Crippen molar-refractivity contribution in [3.63, 3.8) is 0 Å². The van der Waals surface area contributed by atoms with Gasteiger partial charge in [-0.05, 0) is 39.2 Å². The lowest BCUT2D eigenvalue weighted by atomic mass is 10.1. The molecule has 2 unspecified atom stereocenters. The van der Waals surface area contributed by atoms with Crippen LogP contribution in [-0.2, 0) is 0 Å². The number of nitrogens with one attached hydrogen (secondary N) is 1. The Morgan fingerprint density at radius 2 is 2.50 bits per heavy atom. The van der Waals surface area contributed by atoms with E-state index in [2.05, 4.69) is 12.2 Å². The Morgan fingerprint density at radius 1 is 1.70 bits per heavy atom. The van der Waals surface area contributed by atoms with Gasteiger partial charge < -0.3 is 11.1 Å². The van der Waals surface area contributed by atoms with Crippen LogP contribution in [0.25, 0.3) is 0 Å². The summed E-state index contributed by atoms with van der Waals surface area (Å²) in [7, 11) is 0. The first-order chi connectivity index (χ1) is 4.79. The predicted octanol–water partition coefficient (Wildman–Crippen LogP) is 0.866. The molecular weight excluding hydrogens is 124 g/mol. The molecule has 0 aromatic carbocycles. The highest BCUT2D eigenvalue weighted by Crippen LogP contribution is 2.10. The molecular formula is C8H18N2. The van der Waals surface area contributed by atoms with Gasteiger partial charge in [0, 0.05) is 12.1 Å². The second kappa shape index (κ2) is 3.94. The normalized spacial score (nSPS) is 28.8. The molecule has 0 bridgehead atoms. The van der Waals surface area contributed by atoms with Crippen molar-refractivity contribution >= 4 is 0 Å². The van der Waals surface area contributed by atoms with Crippen LogP contribution in [-0.4, -0.2) is 18.6 Å². The van der Waals surface area contributed by atoms with Gasteiger partial charge in [0.2, 0.25) is 0 Å². The molecule has 0 radical (unpaired) electrons. The third-order valence-corrected chi connectivity index (χ3v) is 2.13. The maximum Gasteiger partial charge on any atom is 0.00681 e.